The van der Waals surface area contributed by atoms with Crippen LogP contribution in [0.15, 0.2) is 20.0 Å². The summed E-state index contributed by atoms with van der Waals surface area (Å²) in [6.07, 6.45) is 0. The molecule has 0 spiro atoms. The number of halogens is 1. The van der Waals surface area contributed by atoms with Gasteiger partial charge in [0.15, 0.2) is 4.67 Å². The van der Waals surface area contributed by atoms with Crippen LogP contribution in [0.3, 0.4) is 0 Å². The Balaban J connectivity index is 3.17. The highest BCUT2D eigenvalue weighted by Crippen LogP contribution is 2.29. The Morgan fingerprint density at radius 2 is 2.00 bits per heavy atom. The molecule has 1 heterocycles. The minimum atomic E-state index is -3.79. The number of hydrogen-bond acceptors (Lipinski definition) is 4. The summed E-state index contributed by atoms with van der Waals surface area (Å²) in [6.45, 7) is 6.03. The maximum atomic E-state index is 12.3. The average molecular weight is 354 g/mol. The molecule has 0 atom stereocenters. The quantitative estimate of drug-likeness (QED) is 0.897. The van der Waals surface area contributed by atoms with E-state index in [2.05, 4.69) is 15.9 Å². The van der Waals surface area contributed by atoms with Crippen LogP contribution in [0.5, 0.6) is 0 Å². The fourth-order valence-electron chi connectivity index (χ4n) is 1.55. The molecular weight excluding hydrogens is 338 g/mol. The number of carboxylic acid groups (broad SMARTS) is 1. The summed E-state index contributed by atoms with van der Waals surface area (Å²) in [5.74, 6) is -1.74. The van der Waals surface area contributed by atoms with Crippen molar-refractivity contribution in [1.29, 1.82) is 0 Å². The van der Waals surface area contributed by atoms with Crippen LogP contribution in [0, 0.1) is 5.41 Å². The lowest BCUT2D eigenvalue weighted by Gasteiger charge is -2.25. The van der Waals surface area contributed by atoms with Gasteiger partial charge in [0.25, 0.3) is 0 Å². The molecule has 0 aliphatic heterocycles. The molecule has 108 valence electrons. The lowest BCUT2D eigenvalue weighted by molar-refractivity contribution is 0.0661. The molecule has 0 aromatic carbocycles. The number of nitrogens with zero attached hydrogens (tertiary/aromatic N) is 1. The topological polar surface area (TPSA) is 87.8 Å². The van der Waals surface area contributed by atoms with Gasteiger partial charge in [-0.05, 0) is 21.3 Å². The van der Waals surface area contributed by atoms with Crippen molar-refractivity contribution in [3.05, 3.63) is 16.5 Å². The monoisotopic (exact) mass is 353 g/mol. The molecule has 0 saturated heterocycles. The van der Waals surface area contributed by atoms with Gasteiger partial charge in [0.1, 0.15) is 4.90 Å². The van der Waals surface area contributed by atoms with E-state index in [1.165, 1.54) is 11.4 Å². The van der Waals surface area contributed by atoms with Gasteiger partial charge in [0.2, 0.25) is 15.8 Å². The van der Waals surface area contributed by atoms with Crippen LogP contribution < -0.4 is 0 Å². The van der Waals surface area contributed by atoms with Crippen LogP contribution in [0.2, 0.25) is 0 Å². The lowest BCUT2D eigenvalue weighted by atomic mass is 9.97. The van der Waals surface area contributed by atoms with Gasteiger partial charge in [-0.1, -0.05) is 20.8 Å². The van der Waals surface area contributed by atoms with Gasteiger partial charge in [-0.2, -0.15) is 0 Å². The molecule has 0 radical (unpaired) electrons. The molecule has 6 nitrogen and oxygen atoms in total. The Bertz CT molecular complexity index is 585. The molecule has 0 fully saturated rings. The number of rotatable bonds is 4. The standard InChI is InChI=1S/C11H16BrNO5S/c1-11(2,3)6-13(4)19(16,17)8-5-7(10(14)15)18-9(8)12/h5H,6H2,1-4H3,(H,14,15). The van der Waals surface area contributed by atoms with Crippen LogP contribution in [0.4, 0.5) is 0 Å². The zero-order chi connectivity index (χ0) is 15.0. The van der Waals surface area contributed by atoms with Crippen molar-refractivity contribution in [2.75, 3.05) is 13.6 Å². The van der Waals surface area contributed by atoms with Gasteiger partial charge in [-0.25, -0.2) is 17.5 Å². The summed E-state index contributed by atoms with van der Waals surface area (Å²) in [4.78, 5) is 10.6. The van der Waals surface area contributed by atoms with Crippen molar-refractivity contribution >= 4 is 31.9 Å². The van der Waals surface area contributed by atoms with Crippen molar-refractivity contribution in [3.63, 3.8) is 0 Å². The van der Waals surface area contributed by atoms with Crippen LogP contribution in [0.1, 0.15) is 31.3 Å². The summed E-state index contributed by atoms with van der Waals surface area (Å²) in [5, 5.41) is 8.79. The van der Waals surface area contributed by atoms with Gasteiger partial charge in [-0.3, -0.25) is 0 Å². The van der Waals surface area contributed by atoms with Gasteiger partial charge < -0.3 is 9.52 Å². The number of carbonyl (C=O) groups is 1. The molecule has 0 unspecified atom stereocenters. The van der Waals surface area contributed by atoms with E-state index in [9.17, 15) is 13.2 Å². The fraction of sp³-hybridized carbons (Fsp3) is 0.545. The van der Waals surface area contributed by atoms with E-state index >= 15 is 0 Å². The Morgan fingerprint density at radius 1 is 1.47 bits per heavy atom. The number of sulfonamides is 1. The van der Waals surface area contributed by atoms with Crippen LogP contribution in [0.25, 0.3) is 0 Å². The first-order valence-corrected chi connectivity index (χ1v) is 7.67. The van der Waals surface area contributed by atoms with Gasteiger partial charge >= 0.3 is 5.97 Å². The van der Waals surface area contributed by atoms with E-state index in [1.54, 1.807) is 0 Å². The number of aromatic carboxylic acids is 1. The molecule has 1 aromatic rings. The second-order valence-corrected chi connectivity index (χ2v) is 8.11. The molecule has 0 aliphatic rings. The van der Waals surface area contributed by atoms with E-state index in [1.807, 2.05) is 20.8 Å². The Morgan fingerprint density at radius 3 is 2.37 bits per heavy atom. The minimum Gasteiger partial charge on any atom is -0.475 e. The summed E-state index contributed by atoms with van der Waals surface area (Å²) < 4.78 is 30.5. The molecule has 1 aromatic heterocycles. The van der Waals surface area contributed by atoms with Crippen molar-refractivity contribution in [2.24, 2.45) is 5.41 Å². The Labute approximate surface area is 120 Å². The van der Waals surface area contributed by atoms with Gasteiger partial charge in [0.05, 0.1) is 0 Å². The smallest absolute Gasteiger partial charge is 0.371 e. The largest absolute Gasteiger partial charge is 0.475 e. The van der Waals surface area contributed by atoms with E-state index in [-0.39, 0.29) is 15.0 Å². The van der Waals surface area contributed by atoms with Crippen molar-refractivity contribution in [3.8, 4) is 0 Å². The summed E-state index contributed by atoms with van der Waals surface area (Å²) in [5.41, 5.74) is -0.215. The third-order valence-electron chi connectivity index (χ3n) is 2.25. The Kier molecular flexibility index (Phi) is 4.48. The lowest BCUT2D eigenvalue weighted by Crippen LogP contribution is -2.34. The normalized spacial score (nSPS) is 12.9. The molecule has 0 aliphatic carbocycles. The highest BCUT2D eigenvalue weighted by molar-refractivity contribution is 9.10. The van der Waals surface area contributed by atoms with Crippen LogP contribution in [-0.4, -0.2) is 37.4 Å². The molecule has 1 N–H and O–H groups in total. The third-order valence-corrected chi connectivity index (χ3v) is 4.91. The van der Waals surface area contributed by atoms with Gasteiger partial charge in [-0.15, -0.1) is 0 Å². The Hall–Kier alpha value is -0.860. The summed E-state index contributed by atoms with van der Waals surface area (Å²) in [6, 6.07) is 1.00. The summed E-state index contributed by atoms with van der Waals surface area (Å²) >= 11 is 2.93. The van der Waals surface area contributed by atoms with Crippen molar-refractivity contribution < 1.29 is 22.7 Å². The summed E-state index contributed by atoms with van der Waals surface area (Å²) in [7, 11) is -2.34. The number of hydrogen-bond donors (Lipinski definition) is 1. The van der Waals surface area contributed by atoms with Gasteiger partial charge in [0, 0.05) is 19.7 Å². The molecule has 1 rings (SSSR count). The first-order chi connectivity index (χ1) is 8.45. The minimum absolute atomic E-state index is 0.106. The molecule has 0 bridgehead atoms. The average Bonchev–Trinajstić information content (AvgIpc) is 2.58. The predicted molar refractivity (Wildman–Crippen MR) is 72.6 cm³/mol. The number of carboxylic acids is 1. The predicted octanol–water partition coefficient (Wildman–Crippen LogP) is 2.41. The van der Waals surface area contributed by atoms with Crippen molar-refractivity contribution in [1.82, 2.24) is 4.31 Å². The van der Waals surface area contributed by atoms with Crippen LogP contribution in [-0.2, 0) is 10.0 Å². The fourth-order valence-corrected chi connectivity index (χ4v) is 3.85. The second-order valence-electron chi connectivity index (χ2n) is 5.38. The van der Waals surface area contributed by atoms with Crippen LogP contribution >= 0.6 is 15.9 Å². The zero-order valence-corrected chi connectivity index (χ0v) is 13.5. The highest BCUT2D eigenvalue weighted by Gasteiger charge is 2.30. The van der Waals surface area contributed by atoms with E-state index in [0.29, 0.717) is 6.54 Å². The SMILES string of the molecule is CN(CC(C)(C)C)S(=O)(=O)c1cc(C(=O)O)oc1Br. The first kappa shape index (κ1) is 16.2. The molecule has 8 heteroatoms. The zero-order valence-electron chi connectivity index (χ0n) is 11.1. The third kappa shape index (κ3) is 3.80. The molecular formula is C11H16BrNO5S. The molecule has 19 heavy (non-hydrogen) atoms. The van der Waals surface area contributed by atoms with E-state index < -0.39 is 21.8 Å². The first-order valence-electron chi connectivity index (χ1n) is 5.44. The maximum Gasteiger partial charge on any atom is 0.371 e. The maximum absolute atomic E-state index is 12.3. The van der Waals surface area contributed by atoms with E-state index in [0.717, 1.165) is 6.07 Å². The van der Waals surface area contributed by atoms with Crippen molar-refractivity contribution in [2.45, 2.75) is 25.7 Å². The molecule has 0 saturated carbocycles. The highest BCUT2D eigenvalue weighted by atomic mass is 79.9. The van der Waals surface area contributed by atoms with E-state index in [4.69, 9.17) is 9.52 Å². The molecule has 0 amide bonds. The second kappa shape index (κ2) is 5.26. The number of furan rings is 1.